The van der Waals surface area contributed by atoms with Crippen molar-refractivity contribution in [2.75, 3.05) is 0 Å². The van der Waals surface area contributed by atoms with E-state index >= 15 is 0 Å². The molecule has 2 aliphatic carbocycles. The standard InChI is InChI=1S/C32H34/c1-17(2)26-22-15-12-21(32(5,6)7)16-25(22)27(18(3)4)31-24-14-11-20-9-8-19-10-13-23(30(26)31)29(24)28(19)20/h10-18H,8-9H2,1-7H3. The molecule has 0 saturated heterocycles. The Morgan fingerprint density at radius 2 is 1.16 bits per heavy atom. The molecule has 0 fully saturated rings. The number of benzene rings is 4. The van der Waals surface area contributed by atoms with Crippen LogP contribution in [0.15, 0.2) is 42.5 Å². The number of rotatable bonds is 2. The van der Waals surface area contributed by atoms with Crippen molar-refractivity contribution in [1.29, 1.82) is 0 Å². The van der Waals surface area contributed by atoms with Crippen LogP contribution in [0.1, 0.15) is 88.1 Å². The minimum Gasteiger partial charge on any atom is -0.0586 e. The predicted molar refractivity (Wildman–Crippen MR) is 140 cm³/mol. The summed E-state index contributed by atoms with van der Waals surface area (Å²) in [6, 6.07) is 17.0. The van der Waals surface area contributed by atoms with Gasteiger partial charge in [0.2, 0.25) is 0 Å². The smallest absolute Gasteiger partial charge is 0.00206 e. The van der Waals surface area contributed by atoms with Gasteiger partial charge in [-0.25, -0.2) is 0 Å². The summed E-state index contributed by atoms with van der Waals surface area (Å²) in [5.41, 5.74) is 13.7. The number of hydrogen-bond donors (Lipinski definition) is 0. The van der Waals surface area contributed by atoms with E-state index in [1.165, 1.54) is 67.9 Å². The van der Waals surface area contributed by atoms with Crippen molar-refractivity contribution in [3.8, 4) is 22.3 Å². The summed E-state index contributed by atoms with van der Waals surface area (Å²) >= 11 is 0. The van der Waals surface area contributed by atoms with Crippen LogP contribution < -0.4 is 0 Å². The molecule has 0 heteroatoms. The van der Waals surface area contributed by atoms with Crippen LogP contribution in [0.5, 0.6) is 0 Å². The van der Waals surface area contributed by atoms with E-state index in [2.05, 4.69) is 90.9 Å². The molecule has 0 aromatic heterocycles. The number of fused-ring (bicyclic) bond motifs is 4. The first-order chi connectivity index (χ1) is 15.2. The highest BCUT2D eigenvalue weighted by Crippen LogP contribution is 2.57. The fourth-order valence-corrected chi connectivity index (χ4v) is 6.51. The molecule has 0 amide bonds. The van der Waals surface area contributed by atoms with Crippen LogP contribution >= 0.6 is 0 Å². The van der Waals surface area contributed by atoms with Crippen molar-refractivity contribution in [3.05, 3.63) is 70.3 Å². The first kappa shape index (κ1) is 20.0. The largest absolute Gasteiger partial charge is 0.0586 e. The number of aryl methyl sites for hydroxylation is 2. The van der Waals surface area contributed by atoms with Gasteiger partial charge >= 0.3 is 0 Å². The average Bonchev–Trinajstić information content (AvgIpc) is 3.28. The van der Waals surface area contributed by atoms with Crippen molar-refractivity contribution in [2.24, 2.45) is 0 Å². The van der Waals surface area contributed by atoms with E-state index in [9.17, 15) is 0 Å². The highest BCUT2D eigenvalue weighted by Gasteiger charge is 2.33. The van der Waals surface area contributed by atoms with Crippen molar-refractivity contribution in [3.63, 3.8) is 0 Å². The fourth-order valence-electron chi connectivity index (χ4n) is 6.51. The molecule has 0 heterocycles. The molecular weight excluding hydrogens is 384 g/mol. The third kappa shape index (κ3) is 2.50. The van der Waals surface area contributed by atoms with Gasteiger partial charge in [0, 0.05) is 0 Å². The summed E-state index contributed by atoms with van der Waals surface area (Å²) in [4.78, 5) is 0. The molecule has 0 atom stereocenters. The van der Waals surface area contributed by atoms with E-state index in [0.717, 1.165) is 0 Å². The van der Waals surface area contributed by atoms with Crippen LogP contribution in [-0.2, 0) is 18.3 Å². The van der Waals surface area contributed by atoms with Crippen LogP contribution in [0.25, 0.3) is 43.8 Å². The van der Waals surface area contributed by atoms with E-state index in [0.29, 0.717) is 11.8 Å². The summed E-state index contributed by atoms with van der Waals surface area (Å²) < 4.78 is 0. The van der Waals surface area contributed by atoms with Gasteiger partial charge in [0.05, 0.1) is 0 Å². The summed E-state index contributed by atoms with van der Waals surface area (Å²) in [6.07, 6.45) is 2.38. The predicted octanol–water partition coefficient (Wildman–Crippen LogP) is 9.28. The zero-order valence-corrected chi connectivity index (χ0v) is 20.6. The highest BCUT2D eigenvalue weighted by atomic mass is 14.4. The Balaban J connectivity index is 1.85. The molecule has 0 nitrogen and oxygen atoms in total. The van der Waals surface area contributed by atoms with Crippen molar-refractivity contribution in [2.45, 2.75) is 78.6 Å². The van der Waals surface area contributed by atoms with Gasteiger partial charge in [-0.15, -0.1) is 0 Å². The maximum atomic E-state index is 2.51. The molecule has 0 N–H and O–H groups in total. The van der Waals surface area contributed by atoms with Crippen LogP contribution in [0.3, 0.4) is 0 Å². The maximum absolute atomic E-state index is 2.51. The van der Waals surface area contributed by atoms with Crippen LogP contribution in [-0.4, -0.2) is 0 Å². The topological polar surface area (TPSA) is 0 Å². The third-order valence-electron chi connectivity index (χ3n) is 7.94. The van der Waals surface area contributed by atoms with Crippen molar-refractivity contribution in [1.82, 2.24) is 0 Å². The molecule has 32 heavy (non-hydrogen) atoms. The Labute approximate surface area is 192 Å². The highest BCUT2D eigenvalue weighted by molar-refractivity contribution is 6.21. The molecule has 0 saturated carbocycles. The maximum Gasteiger partial charge on any atom is -0.00206 e. The molecule has 2 aliphatic rings. The first-order valence-electron chi connectivity index (χ1n) is 12.4. The van der Waals surface area contributed by atoms with Gasteiger partial charge in [0.25, 0.3) is 0 Å². The monoisotopic (exact) mass is 418 g/mol. The van der Waals surface area contributed by atoms with E-state index in [4.69, 9.17) is 0 Å². The minimum absolute atomic E-state index is 0.144. The molecule has 162 valence electrons. The first-order valence-corrected chi connectivity index (χ1v) is 12.4. The molecule has 0 bridgehead atoms. The second kappa shape index (κ2) is 6.47. The minimum atomic E-state index is 0.144. The molecule has 0 aliphatic heterocycles. The summed E-state index contributed by atoms with van der Waals surface area (Å²) in [7, 11) is 0. The average molecular weight is 419 g/mol. The molecular formula is C32H34. The molecule has 0 unspecified atom stereocenters. The molecule has 0 spiro atoms. The van der Waals surface area contributed by atoms with E-state index in [1.54, 1.807) is 16.5 Å². The lowest BCUT2D eigenvalue weighted by Gasteiger charge is -2.26. The Morgan fingerprint density at radius 3 is 1.66 bits per heavy atom. The van der Waals surface area contributed by atoms with Gasteiger partial charge in [-0.2, -0.15) is 0 Å². The van der Waals surface area contributed by atoms with Gasteiger partial charge in [-0.05, 0) is 102 Å². The van der Waals surface area contributed by atoms with Gasteiger partial charge in [-0.1, -0.05) is 90.9 Å². The Kier molecular flexibility index (Phi) is 4.05. The van der Waals surface area contributed by atoms with E-state index < -0.39 is 0 Å². The van der Waals surface area contributed by atoms with Crippen molar-refractivity contribution >= 4 is 21.5 Å². The summed E-state index contributed by atoms with van der Waals surface area (Å²) in [5.74, 6) is 0.943. The van der Waals surface area contributed by atoms with Crippen LogP contribution in [0.2, 0.25) is 0 Å². The normalized spacial score (nSPS) is 14.4. The number of hydrogen-bond acceptors (Lipinski definition) is 0. The lowest BCUT2D eigenvalue weighted by Crippen LogP contribution is -2.11. The van der Waals surface area contributed by atoms with Gasteiger partial charge in [-0.3, -0.25) is 0 Å². The summed E-state index contributed by atoms with van der Waals surface area (Å²) in [5, 5.41) is 6.01. The van der Waals surface area contributed by atoms with Crippen molar-refractivity contribution < 1.29 is 0 Å². The zero-order chi connectivity index (χ0) is 22.5. The Morgan fingerprint density at radius 1 is 0.625 bits per heavy atom. The van der Waals surface area contributed by atoms with E-state index in [-0.39, 0.29) is 5.41 Å². The fraction of sp³-hybridized carbons (Fsp3) is 0.375. The van der Waals surface area contributed by atoms with Gasteiger partial charge in [0.15, 0.2) is 0 Å². The van der Waals surface area contributed by atoms with Crippen LogP contribution in [0.4, 0.5) is 0 Å². The third-order valence-corrected chi connectivity index (χ3v) is 7.94. The Hall–Kier alpha value is -2.60. The zero-order valence-electron chi connectivity index (χ0n) is 20.6. The molecule has 4 aromatic carbocycles. The second-order valence-corrected chi connectivity index (χ2v) is 11.7. The summed E-state index contributed by atoms with van der Waals surface area (Å²) in [6.45, 7) is 16.5. The molecule has 0 radical (unpaired) electrons. The van der Waals surface area contributed by atoms with Gasteiger partial charge < -0.3 is 0 Å². The molecule has 4 aromatic rings. The quantitative estimate of drug-likeness (QED) is 0.268. The SMILES string of the molecule is CC(C)c1c2c(c(C(C)C)c3cc(C(C)(C)C)ccc13)-c1ccc3c4c(ccc-2c14)CC3. The van der Waals surface area contributed by atoms with Gasteiger partial charge in [0.1, 0.15) is 0 Å². The lowest BCUT2D eigenvalue weighted by molar-refractivity contribution is 0.591. The van der Waals surface area contributed by atoms with Crippen LogP contribution in [0, 0.1) is 0 Å². The second-order valence-electron chi connectivity index (χ2n) is 11.7. The molecule has 6 rings (SSSR count). The Bertz CT molecular complexity index is 1430. The van der Waals surface area contributed by atoms with E-state index in [1.807, 2.05) is 0 Å². The lowest BCUT2D eigenvalue weighted by atomic mass is 9.78.